The lowest BCUT2D eigenvalue weighted by molar-refractivity contribution is -0.198. The van der Waals surface area contributed by atoms with Crippen molar-refractivity contribution in [3.8, 4) is 0 Å². The summed E-state index contributed by atoms with van der Waals surface area (Å²) in [5.74, 6) is -0.224. The summed E-state index contributed by atoms with van der Waals surface area (Å²) in [6.07, 6.45) is 5.99. The lowest BCUT2D eigenvalue weighted by atomic mass is 9.58. The van der Waals surface area contributed by atoms with Gasteiger partial charge < -0.3 is 9.47 Å². The maximum atomic E-state index is 13.3. The van der Waals surface area contributed by atoms with Crippen molar-refractivity contribution < 1.29 is 23.9 Å². The monoisotopic (exact) mass is 362 g/mol. The summed E-state index contributed by atoms with van der Waals surface area (Å²) < 4.78 is 11.7. The van der Waals surface area contributed by atoms with Gasteiger partial charge in [0.2, 0.25) is 5.60 Å². The Hall–Kier alpha value is -1.39. The highest BCUT2D eigenvalue weighted by molar-refractivity contribution is 5.94. The second kappa shape index (κ2) is 5.32. The van der Waals surface area contributed by atoms with Crippen LogP contribution in [0.25, 0.3) is 0 Å². The minimum Gasteiger partial charge on any atom is -0.458 e. The van der Waals surface area contributed by atoms with Crippen LogP contribution in [0.5, 0.6) is 0 Å². The molecule has 3 aliphatic carbocycles. The first kappa shape index (κ1) is 18.0. The molecule has 0 amide bonds. The number of Topliss-reactive ketones (excluding diaryl/α,β-unsaturated/α-hetero) is 1. The summed E-state index contributed by atoms with van der Waals surface area (Å²) in [7, 11) is 0. The van der Waals surface area contributed by atoms with Gasteiger partial charge >= 0.3 is 11.9 Å². The van der Waals surface area contributed by atoms with Crippen molar-refractivity contribution >= 4 is 17.7 Å². The second-order valence-electron chi connectivity index (χ2n) is 9.79. The van der Waals surface area contributed by atoms with Gasteiger partial charge in [-0.15, -0.1) is 0 Å². The summed E-state index contributed by atoms with van der Waals surface area (Å²) in [5.41, 5.74) is -3.05. The molecule has 0 aromatic carbocycles. The molecule has 1 heterocycles. The summed E-state index contributed by atoms with van der Waals surface area (Å²) in [5, 5.41) is 0. The van der Waals surface area contributed by atoms with Gasteiger partial charge in [-0.25, -0.2) is 4.79 Å². The molecular formula is C21H30O5. The van der Waals surface area contributed by atoms with Crippen LogP contribution in [-0.2, 0) is 23.9 Å². The third-order valence-electron chi connectivity index (χ3n) is 8.76. The number of rotatable bonds is 2. The third kappa shape index (κ3) is 1.90. The fourth-order valence-electron chi connectivity index (χ4n) is 6.15. The van der Waals surface area contributed by atoms with Crippen LogP contribution in [0, 0.1) is 22.2 Å². The van der Waals surface area contributed by atoms with Crippen LogP contribution in [0.2, 0.25) is 0 Å². The van der Waals surface area contributed by atoms with Crippen LogP contribution in [0.3, 0.4) is 0 Å². The van der Waals surface area contributed by atoms with Gasteiger partial charge in [-0.2, -0.15) is 0 Å². The van der Waals surface area contributed by atoms with Crippen LogP contribution in [0.4, 0.5) is 0 Å². The fourth-order valence-corrected chi connectivity index (χ4v) is 6.15. The Balaban J connectivity index is 1.62. The molecule has 0 aromatic rings. The van der Waals surface area contributed by atoms with Crippen molar-refractivity contribution in [2.24, 2.45) is 22.2 Å². The Bertz CT molecular complexity index is 680. The number of ketones is 1. The van der Waals surface area contributed by atoms with Gasteiger partial charge in [0.25, 0.3) is 0 Å². The van der Waals surface area contributed by atoms with Crippen LogP contribution < -0.4 is 0 Å². The van der Waals surface area contributed by atoms with Gasteiger partial charge in [-0.1, -0.05) is 13.8 Å². The smallest absolute Gasteiger partial charge is 0.351 e. The number of hydrogen-bond donors (Lipinski definition) is 0. The van der Waals surface area contributed by atoms with Gasteiger partial charge in [0.15, 0.2) is 0 Å². The van der Waals surface area contributed by atoms with E-state index in [1.165, 1.54) is 0 Å². The van der Waals surface area contributed by atoms with E-state index in [4.69, 9.17) is 9.47 Å². The predicted molar refractivity (Wildman–Crippen MR) is 94.1 cm³/mol. The zero-order valence-corrected chi connectivity index (χ0v) is 16.4. The Morgan fingerprint density at radius 1 is 1.04 bits per heavy atom. The van der Waals surface area contributed by atoms with Gasteiger partial charge in [-0.3, -0.25) is 9.59 Å². The maximum Gasteiger partial charge on any atom is 0.351 e. The molecule has 4 rings (SSSR count). The van der Waals surface area contributed by atoms with E-state index < -0.39 is 33.9 Å². The average molecular weight is 362 g/mol. The fraction of sp³-hybridized carbons (Fsp3) is 0.857. The number of carbonyl (C=O) groups excluding carboxylic acids is 3. The van der Waals surface area contributed by atoms with Crippen molar-refractivity contribution in [1.82, 2.24) is 0 Å². The molecule has 5 heteroatoms. The van der Waals surface area contributed by atoms with E-state index in [0.717, 1.165) is 25.7 Å². The van der Waals surface area contributed by atoms with E-state index in [1.54, 1.807) is 0 Å². The average Bonchev–Trinajstić information content (AvgIpc) is 2.87. The van der Waals surface area contributed by atoms with Crippen molar-refractivity contribution in [3.63, 3.8) is 0 Å². The molecule has 26 heavy (non-hydrogen) atoms. The van der Waals surface area contributed by atoms with E-state index >= 15 is 0 Å². The minimum absolute atomic E-state index is 0.225. The molecule has 1 aliphatic heterocycles. The first-order chi connectivity index (χ1) is 12.1. The van der Waals surface area contributed by atoms with Crippen LogP contribution in [0.1, 0.15) is 79.1 Å². The Labute approximate surface area is 155 Å². The molecule has 0 aromatic heterocycles. The van der Waals surface area contributed by atoms with Gasteiger partial charge in [0, 0.05) is 11.8 Å². The normalized spacial score (nSPS) is 46.6. The molecule has 4 aliphatic rings. The van der Waals surface area contributed by atoms with Crippen molar-refractivity contribution in [1.29, 1.82) is 0 Å². The zero-order chi connectivity index (χ0) is 19.0. The number of esters is 2. The van der Waals surface area contributed by atoms with E-state index in [1.807, 2.05) is 27.7 Å². The van der Waals surface area contributed by atoms with E-state index in [9.17, 15) is 14.4 Å². The highest BCUT2D eigenvalue weighted by atomic mass is 16.6. The van der Waals surface area contributed by atoms with Gasteiger partial charge in [0.05, 0.1) is 10.8 Å². The number of fused-ring (bicyclic) bond motifs is 3. The second-order valence-corrected chi connectivity index (χ2v) is 9.79. The number of ether oxygens (including phenoxy) is 2. The molecule has 144 valence electrons. The molecule has 3 saturated carbocycles. The minimum atomic E-state index is -1.21. The van der Waals surface area contributed by atoms with Crippen molar-refractivity contribution in [2.75, 3.05) is 0 Å². The molecule has 1 saturated heterocycles. The summed E-state index contributed by atoms with van der Waals surface area (Å²) in [6, 6.07) is 0. The molecule has 4 fully saturated rings. The first-order valence-corrected chi connectivity index (χ1v) is 10.1. The predicted octanol–water partition coefficient (Wildman–Crippen LogP) is 3.58. The molecule has 2 bridgehead atoms. The SMILES string of the molecule is CC12C(=O)CCCC1CCCC2OC(=O)C12CCC(C)(C(=O)O1)C2(C)C. The van der Waals surface area contributed by atoms with Crippen LogP contribution >= 0.6 is 0 Å². The topological polar surface area (TPSA) is 69.7 Å². The molecule has 0 N–H and O–H groups in total. The van der Waals surface area contributed by atoms with E-state index in [0.29, 0.717) is 31.6 Å². The van der Waals surface area contributed by atoms with Crippen molar-refractivity contribution in [2.45, 2.75) is 90.8 Å². The highest BCUT2D eigenvalue weighted by Gasteiger charge is 2.76. The number of hydrogen-bond acceptors (Lipinski definition) is 5. The highest BCUT2D eigenvalue weighted by Crippen LogP contribution is 2.66. The third-order valence-corrected chi connectivity index (χ3v) is 8.76. The quantitative estimate of drug-likeness (QED) is 0.702. The summed E-state index contributed by atoms with van der Waals surface area (Å²) >= 11 is 0. The summed E-state index contributed by atoms with van der Waals surface area (Å²) in [4.78, 5) is 38.5. The summed E-state index contributed by atoms with van der Waals surface area (Å²) in [6.45, 7) is 7.74. The van der Waals surface area contributed by atoms with Gasteiger partial charge in [-0.05, 0) is 64.7 Å². The van der Waals surface area contributed by atoms with E-state index in [2.05, 4.69) is 0 Å². The van der Waals surface area contributed by atoms with Gasteiger partial charge in [0.1, 0.15) is 11.9 Å². The first-order valence-electron chi connectivity index (χ1n) is 10.1. The van der Waals surface area contributed by atoms with Crippen molar-refractivity contribution in [3.05, 3.63) is 0 Å². The number of carbonyl (C=O) groups is 3. The Kier molecular flexibility index (Phi) is 3.69. The molecule has 5 atom stereocenters. The Morgan fingerprint density at radius 2 is 1.73 bits per heavy atom. The molecule has 0 spiro atoms. The van der Waals surface area contributed by atoms with E-state index in [-0.39, 0.29) is 11.8 Å². The zero-order valence-electron chi connectivity index (χ0n) is 16.4. The van der Waals surface area contributed by atoms with Crippen LogP contribution in [0.15, 0.2) is 0 Å². The lowest BCUT2D eigenvalue weighted by Crippen LogP contribution is -2.56. The standard InChI is InChI=1S/C21H30O5/c1-18(2)19(3)11-12-21(18,26-16(19)23)17(24)25-15-10-6-8-13-7-5-9-14(22)20(13,15)4/h13,15H,5-12H2,1-4H3. The maximum absolute atomic E-state index is 13.3. The molecule has 0 radical (unpaired) electrons. The molecule has 5 nitrogen and oxygen atoms in total. The van der Waals surface area contributed by atoms with Crippen LogP contribution in [-0.4, -0.2) is 29.4 Å². The largest absolute Gasteiger partial charge is 0.458 e. The molecule has 5 unspecified atom stereocenters. The molecular weight excluding hydrogens is 332 g/mol. The Morgan fingerprint density at radius 3 is 2.35 bits per heavy atom. The lowest BCUT2D eigenvalue weighted by Gasteiger charge is -2.49.